The van der Waals surface area contributed by atoms with Gasteiger partial charge in [0, 0.05) is 20.1 Å². The van der Waals surface area contributed by atoms with Gasteiger partial charge in [-0.05, 0) is 18.6 Å². The number of carbonyl (C=O) groups is 1. The molecule has 1 aliphatic heterocycles. The molecule has 1 aromatic rings. The highest BCUT2D eigenvalue weighted by Crippen LogP contribution is 2.16. The van der Waals surface area contributed by atoms with E-state index in [0.29, 0.717) is 11.3 Å². The summed E-state index contributed by atoms with van der Waals surface area (Å²) in [6.07, 6.45) is 0.00986. The first kappa shape index (κ1) is 15.3. The Morgan fingerprint density at radius 3 is 3.00 bits per heavy atom. The number of nitrogens with one attached hydrogen (secondary N) is 1. The number of amides is 1. The lowest BCUT2D eigenvalue weighted by Crippen LogP contribution is -2.42. The van der Waals surface area contributed by atoms with Crippen molar-refractivity contribution >= 4 is 5.91 Å². The van der Waals surface area contributed by atoms with Crippen LogP contribution in [0.2, 0.25) is 0 Å². The minimum atomic E-state index is -0.740. The number of likely N-dealkylation sites (tertiary alicyclic amines) is 1. The Balaban J connectivity index is 1.76. The van der Waals surface area contributed by atoms with Gasteiger partial charge in [-0.15, -0.1) is 0 Å². The molecule has 1 amide bonds. The fraction of sp³-hybridized carbons (Fsp3) is 0.467. The number of aliphatic hydroxyl groups is 1. The average Bonchev–Trinajstić information content (AvgIpc) is 2.82. The van der Waals surface area contributed by atoms with Gasteiger partial charge < -0.3 is 20.1 Å². The van der Waals surface area contributed by atoms with Gasteiger partial charge in [0.05, 0.1) is 11.6 Å². The summed E-state index contributed by atoms with van der Waals surface area (Å²) in [5, 5.41) is 21.9. The number of hydrogen-bond donors (Lipinski definition) is 2. The summed E-state index contributed by atoms with van der Waals surface area (Å²) >= 11 is 0. The normalized spacial score (nSPS) is 19.4. The molecular formula is C15H19N3O3. The predicted molar refractivity (Wildman–Crippen MR) is 76.7 cm³/mol. The maximum Gasteiger partial charge on any atom is 0.239 e. The maximum atomic E-state index is 11.7. The largest absolute Gasteiger partial charge is 0.489 e. The predicted octanol–water partition coefficient (Wildman–Crippen LogP) is 0.118. The van der Waals surface area contributed by atoms with Crippen LogP contribution in [0.4, 0.5) is 0 Å². The molecule has 2 rings (SSSR count). The molecule has 6 heteroatoms. The number of likely N-dealkylation sites (N-methyl/N-ethyl adjacent to an activating group) is 1. The Bertz CT molecular complexity index is 541. The third kappa shape index (κ3) is 3.94. The Morgan fingerprint density at radius 1 is 1.57 bits per heavy atom. The van der Waals surface area contributed by atoms with E-state index < -0.39 is 6.10 Å². The fourth-order valence-electron chi connectivity index (χ4n) is 2.22. The van der Waals surface area contributed by atoms with Gasteiger partial charge in [0.2, 0.25) is 5.91 Å². The molecule has 1 saturated heterocycles. The first-order valence-electron chi connectivity index (χ1n) is 6.90. The van der Waals surface area contributed by atoms with E-state index in [1.807, 2.05) is 6.07 Å². The minimum absolute atomic E-state index is 0.0537. The number of hydrogen-bond acceptors (Lipinski definition) is 5. The highest BCUT2D eigenvalue weighted by atomic mass is 16.5. The lowest BCUT2D eigenvalue weighted by atomic mass is 10.2. The molecule has 1 heterocycles. The molecule has 0 bridgehead atoms. The molecule has 0 saturated carbocycles. The van der Waals surface area contributed by atoms with Gasteiger partial charge in [0.1, 0.15) is 24.5 Å². The second kappa shape index (κ2) is 7.07. The zero-order valence-electron chi connectivity index (χ0n) is 12.0. The van der Waals surface area contributed by atoms with E-state index in [9.17, 15) is 9.90 Å². The third-order valence-corrected chi connectivity index (χ3v) is 3.47. The van der Waals surface area contributed by atoms with E-state index in [4.69, 9.17) is 10.00 Å². The number of rotatable bonds is 6. The molecule has 6 nitrogen and oxygen atoms in total. The summed E-state index contributed by atoms with van der Waals surface area (Å²) < 4.78 is 5.45. The maximum absolute atomic E-state index is 11.7. The molecule has 0 radical (unpaired) electrons. The van der Waals surface area contributed by atoms with E-state index in [1.54, 1.807) is 36.2 Å². The molecule has 2 N–H and O–H groups in total. The first-order chi connectivity index (χ1) is 10.1. The Kier molecular flexibility index (Phi) is 5.14. The van der Waals surface area contributed by atoms with E-state index in [0.717, 1.165) is 13.0 Å². The van der Waals surface area contributed by atoms with E-state index in [1.165, 1.54) is 0 Å². The van der Waals surface area contributed by atoms with Crippen molar-refractivity contribution in [3.05, 3.63) is 29.8 Å². The van der Waals surface area contributed by atoms with Gasteiger partial charge in [0.15, 0.2) is 0 Å². The number of nitriles is 1. The van der Waals surface area contributed by atoms with Crippen LogP contribution in [-0.4, -0.2) is 54.8 Å². The van der Waals surface area contributed by atoms with Gasteiger partial charge in [-0.25, -0.2) is 0 Å². The van der Waals surface area contributed by atoms with Gasteiger partial charge >= 0.3 is 0 Å². The first-order valence-corrected chi connectivity index (χ1v) is 6.90. The second-order valence-electron chi connectivity index (χ2n) is 5.08. The van der Waals surface area contributed by atoms with Gasteiger partial charge in [-0.3, -0.25) is 4.79 Å². The molecule has 1 aliphatic rings. The minimum Gasteiger partial charge on any atom is -0.489 e. The van der Waals surface area contributed by atoms with Crippen molar-refractivity contribution in [2.24, 2.45) is 0 Å². The molecule has 2 atom stereocenters. The highest BCUT2D eigenvalue weighted by Gasteiger charge is 2.28. The molecule has 21 heavy (non-hydrogen) atoms. The van der Waals surface area contributed by atoms with Crippen LogP contribution in [0.1, 0.15) is 12.0 Å². The topological polar surface area (TPSA) is 85.6 Å². The van der Waals surface area contributed by atoms with Crippen molar-refractivity contribution in [3.8, 4) is 11.8 Å². The molecule has 2 unspecified atom stereocenters. The Hall–Kier alpha value is -2.10. The van der Waals surface area contributed by atoms with Crippen LogP contribution in [-0.2, 0) is 4.79 Å². The molecule has 0 aliphatic carbocycles. The number of carbonyl (C=O) groups excluding carboxylic acids is 1. The second-order valence-corrected chi connectivity index (χ2v) is 5.08. The number of para-hydroxylation sites is 1. The molecule has 0 aromatic heterocycles. The van der Waals surface area contributed by atoms with Crippen molar-refractivity contribution in [3.63, 3.8) is 0 Å². The van der Waals surface area contributed by atoms with Crippen LogP contribution >= 0.6 is 0 Å². The van der Waals surface area contributed by atoms with Crippen molar-refractivity contribution in [1.82, 2.24) is 10.2 Å². The van der Waals surface area contributed by atoms with Crippen molar-refractivity contribution in [1.29, 1.82) is 5.26 Å². The quantitative estimate of drug-likeness (QED) is 0.777. The molecular weight excluding hydrogens is 270 g/mol. The van der Waals surface area contributed by atoms with E-state index in [2.05, 4.69) is 5.32 Å². The van der Waals surface area contributed by atoms with Crippen LogP contribution < -0.4 is 10.1 Å². The lowest BCUT2D eigenvalue weighted by Gasteiger charge is -2.16. The van der Waals surface area contributed by atoms with Crippen molar-refractivity contribution < 1.29 is 14.6 Å². The standard InChI is InChI=1S/C15H19N3O3/c1-18-7-6-13(15(18)20)17-9-12(19)10-21-14-5-3-2-4-11(14)8-16/h2-5,12-13,17,19H,6-7,9-10H2,1H3. The van der Waals surface area contributed by atoms with E-state index in [-0.39, 0.29) is 25.1 Å². The molecule has 1 fully saturated rings. The number of nitrogens with zero attached hydrogens (tertiary/aromatic N) is 2. The van der Waals surface area contributed by atoms with E-state index >= 15 is 0 Å². The molecule has 112 valence electrons. The zero-order valence-corrected chi connectivity index (χ0v) is 12.0. The summed E-state index contributed by atoms with van der Waals surface area (Å²) in [4.78, 5) is 13.4. The van der Waals surface area contributed by atoms with Crippen LogP contribution in [0.5, 0.6) is 5.75 Å². The SMILES string of the molecule is CN1CCC(NCC(O)COc2ccccc2C#N)C1=O. The lowest BCUT2D eigenvalue weighted by molar-refractivity contribution is -0.128. The average molecular weight is 289 g/mol. The molecule has 1 aromatic carbocycles. The van der Waals surface area contributed by atoms with Crippen molar-refractivity contribution in [2.45, 2.75) is 18.6 Å². The highest BCUT2D eigenvalue weighted by molar-refractivity contribution is 5.83. The van der Waals surface area contributed by atoms with Crippen LogP contribution in [0.3, 0.4) is 0 Å². The van der Waals surface area contributed by atoms with Gasteiger partial charge in [0.25, 0.3) is 0 Å². The van der Waals surface area contributed by atoms with Gasteiger partial charge in [-0.1, -0.05) is 12.1 Å². The summed E-state index contributed by atoms with van der Waals surface area (Å²) in [6.45, 7) is 1.08. The number of ether oxygens (including phenoxy) is 1. The van der Waals surface area contributed by atoms with Crippen LogP contribution in [0, 0.1) is 11.3 Å². The Labute approximate surface area is 123 Å². The van der Waals surface area contributed by atoms with Gasteiger partial charge in [-0.2, -0.15) is 5.26 Å². The summed E-state index contributed by atoms with van der Waals surface area (Å²) in [5.74, 6) is 0.508. The smallest absolute Gasteiger partial charge is 0.239 e. The van der Waals surface area contributed by atoms with Crippen LogP contribution in [0.25, 0.3) is 0 Å². The zero-order chi connectivity index (χ0) is 15.2. The summed E-state index contributed by atoms with van der Waals surface area (Å²) in [7, 11) is 1.77. The summed E-state index contributed by atoms with van der Waals surface area (Å²) in [5.41, 5.74) is 0.435. The summed E-state index contributed by atoms with van der Waals surface area (Å²) in [6, 6.07) is 8.68. The number of aliphatic hydroxyl groups excluding tert-OH is 1. The fourth-order valence-corrected chi connectivity index (χ4v) is 2.22. The molecule has 0 spiro atoms. The van der Waals surface area contributed by atoms with Crippen LogP contribution in [0.15, 0.2) is 24.3 Å². The van der Waals surface area contributed by atoms with Crippen molar-refractivity contribution in [2.75, 3.05) is 26.7 Å². The Morgan fingerprint density at radius 2 is 2.33 bits per heavy atom. The third-order valence-electron chi connectivity index (χ3n) is 3.47. The number of benzene rings is 1. The monoisotopic (exact) mass is 289 g/mol.